The number of carboxylic acid groups (broad SMARTS) is 1. The normalized spacial score (nSPS) is 27.7. The molecule has 2 aliphatic carbocycles. The van der Waals surface area contributed by atoms with Gasteiger partial charge in [0.1, 0.15) is 12.2 Å². The summed E-state index contributed by atoms with van der Waals surface area (Å²) >= 11 is 6.22. The number of aromatic nitrogens is 2. The maximum atomic E-state index is 12.2. The van der Waals surface area contributed by atoms with E-state index in [1.165, 1.54) is 0 Å². The molecule has 0 spiro atoms. The van der Waals surface area contributed by atoms with Gasteiger partial charge in [-0.2, -0.15) is 5.10 Å². The summed E-state index contributed by atoms with van der Waals surface area (Å²) < 4.78 is 0. The van der Waals surface area contributed by atoms with Gasteiger partial charge >= 0.3 is 5.97 Å². The highest BCUT2D eigenvalue weighted by Crippen LogP contribution is 2.39. The molecule has 0 bridgehead atoms. The van der Waals surface area contributed by atoms with Crippen molar-refractivity contribution in [3.8, 4) is 0 Å². The lowest BCUT2D eigenvalue weighted by Crippen LogP contribution is -2.43. The van der Waals surface area contributed by atoms with Crippen LogP contribution in [0.25, 0.3) is 0 Å². The van der Waals surface area contributed by atoms with Crippen molar-refractivity contribution >= 4 is 23.9 Å². The van der Waals surface area contributed by atoms with Crippen molar-refractivity contribution in [2.24, 2.45) is 5.10 Å². The molecular weight excluding hydrogens is 416 g/mol. The fourth-order valence-corrected chi connectivity index (χ4v) is 5.29. The van der Waals surface area contributed by atoms with E-state index in [1.54, 1.807) is 23.6 Å². The van der Waals surface area contributed by atoms with Crippen molar-refractivity contribution in [3.63, 3.8) is 0 Å². The smallest absolute Gasteiger partial charge is 0.331 e. The third kappa shape index (κ3) is 3.59. The summed E-state index contributed by atoms with van der Waals surface area (Å²) in [6.07, 6.45) is 14.0. The van der Waals surface area contributed by atoms with Crippen LogP contribution in [0.15, 0.2) is 51.9 Å². The first-order chi connectivity index (χ1) is 15.0. The number of hydrogen-bond donors (Lipinski definition) is 2. The van der Waals surface area contributed by atoms with Crippen LogP contribution >= 0.6 is 11.6 Å². The number of carboxylic acids is 1. The number of nitrogens with zero attached hydrogens (tertiary/aromatic N) is 5. The Labute approximate surface area is 186 Å². The van der Waals surface area contributed by atoms with Gasteiger partial charge in [0.25, 0.3) is 0 Å². The van der Waals surface area contributed by atoms with Crippen LogP contribution in [-0.2, 0) is 4.79 Å². The molecule has 1 aromatic rings. The van der Waals surface area contributed by atoms with Crippen LogP contribution in [-0.4, -0.2) is 49.4 Å². The van der Waals surface area contributed by atoms with E-state index in [4.69, 9.17) is 11.6 Å². The van der Waals surface area contributed by atoms with E-state index in [0.717, 1.165) is 59.2 Å². The predicted octanol–water partition coefficient (Wildman–Crippen LogP) is 3.40. The van der Waals surface area contributed by atoms with Gasteiger partial charge in [0, 0.05) is 35.2 Å². The van der Waals surface area contributed by atoms with Gasteiger partial charge in [-0.3, -0.25) is 14.9 Å². The number of rotatable bonds is 3. The molecule has 0 saturated heterocycles. The minimum Gasteiger partial charge on any atom is -0.479 e. The van der Waals surface area contributed by atoms with Crippen molar-refractivity contribution in [3.05, 3.63) is 58.2 Å². The third-order valence-corrected chi connectivity index (χ3v) is 6.93. The zero-order valence-electron chi connectivity index (χ0n) is 17.3. The Bertz CT molecular complexity index is 1020. The molecular formula is C22H25ClN6O2. The van der Waals surface area contributed by atoms with Gasteiger partial charge in [-0.05, 0) is 57.1 Å². The average molecular weight is 441 g/mol. The van der Waals surface area contributed by atoms with E-state index in [1.807, 2.05) is 24.2 Å². The molecule has 2 N–H and O–H groups in total. The number of fused-ring (bicyclic) bond motifs is 1. The molecule has 31 heavy (non-hydrogen) atoms. The molecule has 5 rings (SSSR count). The molecule has 0 amide bonds. The van der Waals surface area contributed by atoms with Crippen molar-refractivity contribution in [2.75, 3.05) is 0 Å². The maximum Gasteiger partial charge on any atom is 0.331 e. The third-order valence-electron chi connectivity index (χ3n) is 6.63. The second kappa shape index (κ2) is 8.00. The number of aliphatic carboxylic acids is 1. The molecule has 0 aromatic carbocycles. The molecule has 1 aromatic heterocycles. The Hall–Kier alpha value is -2.87. The molecule has 1 atom stereocenters. The number of allylic oxidation sites excluding steroid dienone is 2. The Morgan fingerprint density at radius 1 is 1.19 bits per heavy atom. The number of carbonyl (C=O) groups is 1. The molecule has 0 radical (unpaired) electrons. The lowest BCUT2D eigenvalue weighted by molar-refractivity contribution is -0.140. The van der Waals surface area contributed by atoms with E-state index >= 15 is 0 Å². The molecule has 1 unspecified atom stereocenters. The second-order valence-corrected chi connectivity index (χ2v) is 8.92. The van der Waals surface area contributed by atoms with E-state index in [9.17, 15) is 9.90 Å². The Balaban J connectivity index is 1.35. The minimum atomic E-state index is -0.886. The van der Waals surface area contributed by atoms with Crippen molar-refractivity contribution in [1.82, 2.24) is 25.2 Å². The summed E-state index contributed by atoms with van der Waals surface area (Å²) in [7, 11) is 0. The van der Waals surface area contributed by atoms with Crippen molar-refractivity contribution in [1.29, 1.82) is 0 Å². The van der Waals surface area contributed by atoms with Crippen LogP contribution in [0.2, 0.25) is 0 Å². The quantitative estimate of drug-likeness (QED) is 0.743. The van der Waals surface area contributed by atoms with Gasteiger partial charge in [0.05, 0.1) is 17.4 Å². The van der Waals surface area contributed by atoms with Gasteiger partial charge in [-0.15, -0.1) is 0 Å². The van der Waals surface area contributed by atoms with E-state index in [-0.39, 0.29) is 6.04 Å². The van der Waals surface area contributed by atoms with Crippen LogP contribution in [0, 0.1) is 6.92 Å². The van der Waals surface area contributed by atoms with Crippen LogP contribution in [0.3, 0.4) is 0 Å². The molecule has 1 saturated carbocycles. The Morgan fingerprint density at radius 3 is 2.71 bits per heavy atom. The first kappa shape index (κ1) is 20.1. The van der Waals surface area contributed by atoms with Crippen LogP contribution in [0.4, 0.5) is 0 Å². The van der Waals surface area contributed by atoms with Gasteiger partial charge in [0.15, 0.2) is 6.04 Å². The van der Waals surface area contributed by atoms with E-state index < -0.39 is 12.0 Å². The summed E-state index contributed by atoms with van der Waals surface area (Å²) in [5.74, 6) is 0.288. The summed E-state index contributed by atoms with van der Waals surface area (Å²) in [5, 5.41) is 20.6. The largest absolute Gasteiger partial charge is 0.479 e. The minimum absolute atomic E-state index is 0.214. The summed E-state index contributed by atoms with van der Waals surface area (Å²) in [6, 6.07) is -0.573. The van der Waals surface area contributed by atoms with Crippen LogP contribution < -0.4 is 5.32 Å². The lowest BCUT2D eigenvalue weighted by Gasteiger charge is -2.35. The number of nitrogens with one attached hydrogen (secondary N) is 1. The summed E-state index contributed by atoms with van der Waals surface area (Å²) in [4.78, 5) is 22.9. The van der Waals surface area contributed by atoms with E-state index in [2.05, 4.69) is 20.4 Å². The molecule has 162 valence electrons. The molecule has 8 nitrogen and oxygen atoms in total. The highest BCUT2D eigenvalue weighted by Gasteiger charge is 2.41. The molecule has 1 fully saturated rings. The van der Waals surface area contributed by atoms with Gasteiger partial charge < -0.3 is 10.4 Å². The average Bonchev–Trinajstić information content (AvgIpc) is 3.10. The first-order valence-electron chi connectivity index (χ1n) is 10.7. The van der Waals surface area contributed by atoms with Gasteiger partial charge in [0.2, 0.25) is 0 Å². The second-order valence-electron chi connectivity index (χ2n) is 8.43. The maximum absolute atomic E-state index is 12.2. The zero-order valence-corrected chi connectivity index (χ0v) is 18.1. The lowest BCUT2D eigenvalue weighted by atomic mass is 9.83. The highest BCUT2D eigenvalue weighted by atomic mass is 35.5. The van der Waals surface area contributed by atoms with Crippen LogP contribution in [0.5, 0.6) is 0 Å². The topological polar surface area (TPSA) is 94.0 Å². The Morgan fingerprint density at radius 2 is 1.97 bits per heavy atom. The van der Waals surface area contributed by atoms with Crippen molar-refractivity contribution < 1.29 is 9.90 Å². The fourth-order valence-electron chi connectivity index (χ4n) is 5.09. The highest BCUT2D eigenvalue weighted by molar-refractivity contribution is 6.29. The van der Waals surface area contributed by atoms with Gasteiger partial charge in [-0.1, -0.05) is 11.6 Å². The first-order valence-corrected chi connectivity index (χ1v) is 11.1. The number of halogens is 1. The van der Waals surface area contributed by atoms with E-state index in [0.29, 0.717) is 18.8 Å². The summed E-state index contributed by atoms with van der Waals surface area (Å²) in [6.45, 7) is 2.01. The summed E-state index contributed by atoms with van der Waals surface area (Å²) in [5.41, 5.74) is 3.70. The zero-order chi connectivity index (χ0) is 21.5. The molecule has 2 aliphatic heterocycles. The number of hydrazone groups is 1. The monoisotopic (exact) mass is 440 g/mol. The van der Waals surface area contributed by atoms with Gasteiger partial charge in [-0.25, -0.2) is 9.80 Å². The predicted molar refractivity (Wildman–Crippen MR) is 117 cm³/mol. The number of aryl methyl sites for hydroxylation is 1. The molecule has 3 heterocycles. The standard InChI is InChI=1S/C22H25ClN6O2/c1-13-20(25-9-8-24-13)14-2-5-16(6-3-14)29-19-11-26-18-10-15(23)4-7-17(18)21(22(30)31)28(19)12-27-29/h8-12,14,16,21,26H,2-7H2,1H3,(H,30,31). The fraction of sp³-hybridized carbons (Fsp3) is 0.455. The molecule has 9 heteroatoms. The van der Waals surface area contributed by atoms with Crippen molar-refractivity contribution in [2.45, 2.75) is 63.5 Å². The Kier molecular flexibility index (Phi) is 5.17. The molecule has 4 aliphatic rings. The SMILES string of the molecule is Cc1nccnc1C1CCC(N2N=CN3C2=CNC2=C(CCC(Cl)=C2)C3C(=O)O)CC1. The van der Waals surface area contributed by atoms with Crippen LogP contribution in [0.1, 0.15) is 55.8 Å². The number of hydrogen-bond acceptors (Lipinski definition) is 7.